The molecular weight excluding hydrogens is 170 g/mol. The molecule has 2 aromatic heterocycles. The number of H-pyrrole nitrogens is 3. The Bertz CT molecular complexity index is 507. The molecule has 0 unspecified atom stereocenters. The third kappa shape index (κ3) is 1.31. The van der Waals surface area contributed by atoms with Crippen molar-refractivity contribution >= 4 is 0 Å². The molecule has 0 spiro atoms. The van der Waals surface area contributed by atoms with Crippen molar-refractivity contribution in [1.82, 2.24) is 15.0 Å². The molecule has 0 aliphatic carbocycles. The van der Waals surface area contributed by atoms with Gasteiger partial charge in [0.25, 0.3) is 5.56 Å². The Morgan fingerprint density at radius 1 is 1.15 bits per heavy atom. The van der Waals surface area contributed by atoms with Crippen molar-refractivity contribution < 1.29 is 0 Å². The molecule has 3 N–H and O–H groups in total. The summed E-state index contributed by atoms with van der Waals surface area (Å²) in [5.74, 6) is 0. The molecule has 2 heterocycles. The van der Waals surface area contributed by atoms with Crippen LogP contribution in [0.2, 0.25) is 0 Å². The van der Waals surface area contributed by atoms with Crippen molar-refractivity contribution in [3.63, 3.8) is 0 Å². The van der Waals surface area contributed by atoms with Crippen LogP contribution >= 0.6 is 0 Å². The lowest BCUT2D eigenvalue weighted by atomic mass is 10.2. The molecule has 66 valence electrons. The van der Waals surface area contributed by atoms with Gasteiger partial charge in [0.15, 0.2) is 0 Å². The largest absolute Gasteiger partial charge is 0.361 e. The van der Waals surface area contributed by atoms with E-state index in [2.05, 4.69) is 15.0 Å². The van der Waals surface area contributed by atoms with E-state index in [0.717, 1.165) is 0 Å². The van der Waals surface area contributed by atoms with Crippen LogP contribution in [0.5, 0.6) is 0 Å². The van der Waals surface area contributed by atoms with Crippen molar-refractivity contribution in [2.45, 2.75) is 0 Å². The van der Waals surface area contributed by atoms with Gasteiger partial charge in [0.1, 0.15) is 0 Å². The second-order valence-corrected chi connectivity index (χ2v) is 2.57. The predicted molar refractivity (Wildman–Crippen MR) is 47.5 cm³/mol. The van der Waals surface area contributed by atoms with Gasteiger partial charge in [-0.05, 0) is 12.1 Å². The van der Waals surface area contributed by atoms with Gasteiger partial charge in [0, 0.05) is 12.4 Å². The third-order valence-electron chi connectivity index (χ3n) is 1.71. The SMILES string of the molecule is O=c1[nH]cc(-c2ccc[nH]2)c(=O)[nH]1. The van der Waals surface area contributed by atoms with E-state index >= 15 is 0 Å². The number of aromatic amines is 3. The molecule has 2 aromatic rings. The highest BCUT2D eigenvalue weighted by Crippen LogP contribution is 2.08. The summed E-state index contributed by atoms with van der Waals surface area (Å²) < 4.78 is 0. The minimum atomic E-state index is -0.500. The molecule has 5 nitrogen and oxygen atoms in total. The van der Waals surface area contributed by atoms with Crippen LogP contribution in [0.4, 0.5) is 0 Å². The molecule has 2 rings (SSSR count). The molecule has 0 saturated carbocycles. The Morgan fingerprint density at radius 3 is 2.62 bits per heavy atom. The van der Waals surface area contributed by atoms with Crippen molar-refractivity contribution in [2.24, 2.45) is 0 Å². The zero-order valence-electron chi connectivity index (χ0n) is 6.63. The number of hydrogen-bond donors (Lipinski definition) is 3. The zero-order valence-corrected chi connectivity index (χ0v) is 6.63. The van der Waals surface area contributed by atoms with Crippen molar-refractivity contribution in [3.8, 4) is 11.3 Å². The van der Waals surface area contributed by atoms with Crippen LogP contribution in [-0.2, 0) is 0 Å². The van der Waals surface area contributed by atoms with Gasteiger partial charge in [-0.25, -0.2) is 4.79 Å². The summed E-state index contributed by atoms with van der Waals surface area (Å²) in [6.07, 6.45) is 3.09. The Hall–Kier alpha value is -2.04. The van der Waals surface area contributed by atoms with Gasteiger partial charge in [-0.15, -0.1) is 0 Å². The molecular formula is C8H7N3O2. The predicted octanol–water partition coefficient (Wildman–Crippen LogP) is 0.0583. The average Bonchev–Trinajstić information content (AvgIpc) is 2.56. The maximum atomic E-state index is 11.2. The first-order valence-electron chi connectivity index (χ1n) is 3.73. The fourth-order valence-corrected chi connectivity index (χ4v) is 1.11. The highest BCUT2D eigenvalue weighted by atomic mass is 16.2. The fourth-order valence-electron chi connectivity index (χ4n) is 1.11. The second-order valence-electron chi connectivity index (χ2n) is 2.57. The van der Waals surface area contributed by atoms with Crippen LogP contribution in [0.15, 0.2) is 34.1 Å². The molecule has 0 radical (unpaired) electrons. The summed E-state index contributed by atoms with van der Waals surface area (Å²) in [6.45, 7) is 0. The minimum absolute atomic E-state index is 0.397. The van der Waals surface area contributed by atoms with Crippen LogP contribution in [-0.4, -0.2) is 15.0 Å². The molecule has 13 heavy (non-hydrogen) atoms. The molecule has 0 aromatic carbocycles. The van der Waals surface area contributed by atoms with Crippen LogP contribution in [0.3, 0.4) is 0 Å². The minimum Gasteiger partial charge on any atom is -0.361 e. The Morgan fingerprint density at radius 2 is 2.00 bits per heavy atom. The van der Waals surface area contributed by atoms with Gasteiger partial charge in [0.2, 0.25) is 0 Å². The smallest absolute Gasteiger partial charge is 0.325 e. The highest BCUT2D eigenvalue weighted by molar-refractivity contribution is 5.56. The molecule has 0 atom stereocenters. The van der Waals surface area contributed by atoms with E-state index in [-0.39, 0.29) is 0 Å². The van der Waals surface area contributed by atoms with Gasteiger partial charge in [-0.1, -0.05) is 0 Å². The lowest BCUT2D eigenvalue weighted by Gasteiger charge is -1.93. The van der Waals surface area contributed by atoms with Gasteiger partial charge in [-0.2, -0.15) is 0 Å². The summed E-state index contributed by atoms with van der Waals surface area (Å²) in [5, 5.41) is 0. The number of hydrogen-bond acceptors (Lipinski definition) is 2. The van der Waals surface area contributed by atoms with Gasteiger partial charge >= 0.3 is 5.69 Å². The lowest BCUT2D eigenvalue weighted by molar-refractivity contribution is 1.04. The van der Waals surface area contributed by atoms with E-state index in [1.54, 1.807) is 18.3 Å². The molecule has 0 aliphatic rings. The van der Waals surface area contributed by atoms with E-state index < -0.39 is 11.2 Å². The lowest BCUT2D eigenvalue weighted by Crippen LogP contribution is -2.22. The molecule has 0 amide bonds. The van der Waals surface area contributed by atoms with E-state index in [0.29, 0.717) is 11.3 Å². The molecule has 5 heteroatoms. The average molecular weight is 177 g/mol. The van der Waals surface area contributed by atoms with Crippen LogP contribution in [0.25, 0.3) is 11.3 Å². The van der Waals surface area contributed by atoms with E-state index in [1.165, 1.54) is 6.20 Å². The van der Waals surface area contributed by atoms with Crippen LogP contribution < -0.4 is 11.2 Å². The van der Waals surface area contributed by atoms with Crippen molar-refractivity contribution in [2.75, 3.05) is 0 Å². The van der Waals surface area contributed by atoms with Gasteiger partial charge in [-0.3, -0.25) is 9.78 Å². The first kappa shape index (κ1) is 7.60. The topological polar surface area (TPSA) is 81.5 Å². The normalized spacial score (nSPS) is 10.2. The second kappa shape index (κ2) is 2.78. The number of aromatic nitrogens is 3. The van der Waals surface area contributed by atoms with Crippen LogP contribution in [0.1, 0.15) is 0 Å². The maximum absolute atomic E-state index is 11.2. The summed E-state index contributed by atoms with van der Waals surface area (Å²) >= 11 is 0. The van der Waals surface area contributed by atoms with Crippen molar-refractivity contribution in [3.05, 3.63) is 45.4 Å². The Kier molecular flexibility index (Phi) is 1.63. The third-order valence-corrected chi connectivity index (χ3v) is 1.71. The molecule has 0 aliphatic heterocycles. The molecule has 0 bridgehead atoms. The summed E-state index contributed by atoms with van der Waals surface area (Å²) in [7, 11) is 0. The van der Waals surface area contributed by atoms with E-state index in [4.69, 9.17) is 0 Å². The van der Waals surface area contributed by atoms with E-state index in [9.17, 15) is 9.59 Å². The quantitative estimate of drug-likeness (QED) is 0.575. The standard InChI is InChI=1S/C8H7N3O2/c12-7-5(4-10-8(13)11-7)6-2-1-3-9-6/h1-4,9H,(H2,10,11,12,13). The number of rotatable bonds is 1. The van der Waals surface area contributed by atoms with E-state index in [1.807, 2.05) is 0 Å². The number of nitrogens with one attached hydrogen (secondary N) is 3. The Labute approximate surface area is 72.5 Å². The Balaban J connectivity index is 2.67. The zero-order chi connectivity index (χ0) is 9.26. The van der Waals surface area contributed by atoms with Crippen LogP contribution in [0, 0.1) is 0 Å². The van der Waals surface area contributed by atoms with Crippen molar-refractivity contribution in [1.29, 1.82) is 0 Å². The van der Waals surface area contributed by atoms with Gasteiger partial charge in [0.05, 0.1) is 11.3 Å². The summed E-state index contributed by atoms with van der Waals surface area (Å²) in [4.78, 5) is 29.3. The maximum Gasteiger partial charge on any atom is 0.325 e. The monoisotopic (exact) mass is 177 g/mol. The fraction of sp³-hybridized carbons (Fsp3) is 0. The molecule has 0 saturated heterocycles. The summed E-state index contributed by atoms with van der Waals surface area (Å²) in [6, 6.07) is 3.53. The molecule has 0 fully saturated rings. The first-order valence-corrected chi connectivity index (χ1v) is 3.73. The first-order chi connectivity index (χ1) is 6.27. The van der Waals surface area contributed by atoms with Gasteiger partial charge < -0.3 is 9.97 Å². The highest BCUT2D eigenvalue weighted by Gasteiger charge is 2.02. The summed E-state index contributed by atoms with van der Waals surface area (Å²) in [5.41, 5.74) is 0.202.